The van der Waals surface area contributed by atoms with Crippen LogP contribution in [0, 0.1) is 13.8 Å². The van der Waals surface area contributed by atoms with Gasteiger partial charge < -0.3 is 10.6 Å². The Morgan fingerprint density at radius 2 is 1.81 bits per heavy atom. The standard InChI is InChI=1S/C13H20N2O/c1-4-14-13(16)5-6-15-12-8-10(2)7-11(3)9-12/h7-9,15H,4-6H2,1-3H3,(H,14,16). The lowest BCUT2D eigenvalue weighted by Crippen LogP contribution is -2.24. The van der Waals surface area contributed by atoms with Crippen LogP contribution in [-0.4, -0.2) is 19.0 Å². The van der Waals surface area contributed by atoms with Crippen molar-refractivity contribution < 1.29 is 4.79 Å². The fourth-order valence-electron chi connectivity index (χ4n) is 1.68. The van der Waals surface area contributed by atoms with Crippen LogP contribution in [0.4, 0.5) is 5.69 Å². The van der Waals surface area contributed by atoms with E-state index in [9.17, 15) is 4.79 Å². The number of hydrogen-bond donors (Lipinski definition) is 2. The van der Waals surface area contributed by atoms with Gasteiger partial charge in [0.1, 0.15) is 0 Å². The molecule has 0 aromatic heterocycles. The second kappa shape index (κ2) is 6.16. The largest absolute Gasteiger partial charge is 0.385 e. The highest BCUT2D eigenvalue weighted by molar-refractivity contribution is 5.76. The second-order valence-corrected chi connectivity index (χ2v) is 4.01. The molecule has 0 atom stereocenters. The van der Waals surface area contributed by atoms with Gasteiger partial charge >= 0.3 is 0 Å². The van der Waals surface area contributed by atoms with E-state index in [2.05, 4.69) is 42.7 Å². The first-order valence-electron chi connectivity index (χ1n) is 5.70. The molecular formula is C13H20N2O. The SMILES string of the molecule is CCNC(=O)CCNc1cc(C)cc(C)c1. The van der Waals surface area contributed by atoms with Crippen LogP contribution in [0.25, 0.3) is 0 Å². The zero-order chi connectivity index (χ0) is 12.0. The Bertz CT molecular complexity index is 341. The summed E-state index contributed by atoms with van der Waals surface area (Å²) < 4.78 is 0. The normalized spacial score (nSPS) is 9.94. The fourth-order valence-corrected chi connectivity index (χ4v) is 1.68. The molecule has 2 N–H and O–H groups in total. The highest BCUT2D eigenvalue weighted by atomic mass is 16.1. The quantitative estimate of drug-likeness (QED) is 0.799. The summed E-state index contributed by atoms with van der Waals surface area (Å²) in [5, 5.41) is 6.03. The van der Waals surface area contributed by atoms with Crippen molar-refractivity contribution in [3.63, 3.8) is 0 Å². The van der Waals surface area contributed by atoms with Gasteiger partial charge in [0.15, 0.2) is 0 Å². The number of nitrogens with one attached hydrogen (secondary N) is 2. The molecule has 1 aromatic rings. The third kappa shape index (κ3) is 4.34. The van der Waals surface area contributed by atoms with Crippen LogP contribution in [0.1, 0.15) is 24.5 Å². The maximum atomic E-state index is 11.2. The minimum Gasteiger partial charge on any atom is -0.385 e. The Balaban J connectivity index is 2.40. The van der Waals surface area contributed by atoms with Crippen LogP contribution in [0.15, 0.2) is 18.2 Å². The summed E-state index contributed by atoms with van der Waals surface area (Å²) in [5.74, 6) is 0.0966. The number of carbonyl (C=O) groups excluding carboxylic acids is 1. The number of carbonyl (C=O) groups is 1. The zero-order valence-corrected chi connectivity index (χ0v) is 10.3. The van der Waals surface area contributed by atoms with Gasteiger partial charge in [-0.05, 0) is 44.0 Å². The van der Waals surface area contributed by atoms with E-state index in [0.717, 1.165) is 5.69 Å². The number of anilines is 1. The number of benzene rings is 1. The topological polar surface area (TPSA) is 41.1 Å². The molecule has 0 saturated heterocycles. The van der Waals surface area contributed by atoms with Gasteiger partial charge in [-0.1, -0.05) is 6.07 Å². The van der Waals surface area contributed by atoms with Crippen molar-refractivity contribution in [2.45, 2.75) is 27.2 Å². The van der Waals surface area contributed by atoms with E-state index in [0.29, 0.717) is 19.5 Å². The zero-order valence-electron chi connectivity index (χ0n) is 10.3. The van der Waals surface area contributed by atoms with Crippen LogP contribution in [0.5, 0.6) is 0 Å². The molecule has 0 aliphatic heterocycles. The Kier molecular flexibility index (Phi) is 4.83. The van der Waals surface area contributed by atoms with Gasteiger partial charge in [0.2, 0.25) is 5.91 Å². The number of amides is 1. The summed E-state index contributed by atoms with van der Waals surface area (Å²) in [7, 11) is 0. The highest BCUT2D eigenvalue weighted by Gasteiger charge is 1.99. The summed E-state index contributed by atoms with van der Waals surface area (Å²) in [6, 6.07) is 6.31. The van der Waals surface area contributed by atoms with Crippen molar-refractivity contribution in [2.24, 2.45) is 0 Å². The van der Waals surface area contributed by atoms with Crippen molar-refractivity contribution in [1.29, 1.82) is 0 Å². The first-order valence-corrected chi connectivity index (χ1v) is 5.70. The summed E-state index contributed by atoms with van der Waals surface area (Å²) in [6.45, 7) is 7.44. The van der Waals surface area contributed by atoms with E-state index in [1.165, 1.54) is 11.1 Å². The van der Waals surface area contributed by atoms with Crippen molar-refractivity contribution in [3.05, 3.63) is 29.3 Å². The van der Waals surface area contributed by atoms with Crippen molar-refractivity contribution in [3.8, 4) is 0 Å². The Hall–Kier alpha value is -1.51. The molecule has 88 valence electrons. The molecule has 0 spiro atoms. The van der Waals surface area contributed by atoms with Crippen molar-refractivity contribution >= 4 is 11.6 Å². The summed E-state index contributed by atoms with van der Waals surface area (Å²) >= 11 is 0. The van der Waals surface area contributed by atoms with Gasteiger partial charge in [-0.25, -0.2) is 0 Å². The van der Waals surface area contributed by atoms with Gasteiger partial charge in [0, 0.05) is 25.2 Å². The highest BCUT2D eigenvalue weighted by Crippen LogP contribution is 2.13. The van der Waals surface area contributed by atoms with Crippen LogP contribution in [0.3, 0.4) is 0 Å². The number of hydrogen-bond acceptors (Lipinski definition) is 2. The maximum Gasteiger partial charge on any atom is 0.221 e. The van der Waals surface area contributed by atoms with Crippen molar-refractivity contribution in [2.75, 3.05) is 18.4 Å². The lowest BCUT2D eigenvalue weighted by Gasteiger charge is -2.08. The Labute approximate surface area is 97.2 Å². The lowest BCUT2D eigenvalue weighted by molar-refractivity contribution is -0.120. The van der Waals surface area contributed by atoms with Crippen LogP contribution < -0.4 is 10.6 Å². The number of rotatable bonds is 5. The van der Waals surface area contributed by atoms with E-state index in [1.54, 1.807) is 0 Å². The molecule has 0 bridgehead atoms. The number of aryl methyl sites for hydroxylation is 2. The first-order chi connectivity index (χ1) is 7.61. The average Bonchev–Trinajstić information content (AvgIpc) is 2.16. The molecule has 3 nitrogen and oxygen atoms in total. The second-order valence-electron chi connectivity index (χ2n) is 4.01. The van der Waals surface area contributed by atoms with Gasteiger partial charge in [0.05, 0.1) is 0 Å². The monoisotopic (exact) mass is 220 g/mol. The summed E-state index contributed by atoms with van der Waals surface area (Å²) in [6.07, 6.45) is 0.515. The maximum absolute atomic E-state index is 11.2. The predicted octanol–water partition coefficient (Wildman–Crippen LogP) is 2.24. The van der Waals surface area contributed by atoms with E-state index in [-0.39, 0.29) is 5.91 Å². The van der Waals surface area contributed by atoms with Gasteiger partial charge in [-0.3, -0.25) is 4.79 Å². The third-order valence-corrected chi connectivity index (χ3v) is 2.28. The first kappa shape index (κ1) is 12.6. The van der Waals surface area contributed by atoms with E-state index in [1.807, 2.05) is 6.92 Å². The lowest BCUT2D eigenvalue weighted by atomic mass is 10.1. The average molecular weight is 220 g/mol. The van der Waals surface area contributed by atoms with Gasteiger partial charge in [-0.2, -0.15) is 0 Å². The molecule has 0 fully saturated rings. The smallest absolute Gasteiger partial charge is 0.221 e. The molecule has 0 saturated carbocycles. The van der Waals surface area contributed by atoms with Crippen LogP contribution >= 0.6 is 0 Å². The van der Waals surface area contributed by atoms with Crippen LogP contribution in [0.2, 0.25) is 0 Å². The van der Waals surface area contributed by atoms with Crippen molar-refractivity contribution in [1.82, 2.24) is 5.32 Å². The van der Waals surface area contributed by atoms with Gasteiger partial charge in [0.25, 0.3) is 0 Å². The molecule has 1 rings (SSSR count). The predicted molar refractivity (Wildman–Crippen MR) is 67.7 cm³/mol. The molecule has 1 aromatic carbocycles. The molecule has 0 heterocycles. The Morgan fingerprint density at radius 1 is 1.19 bits per heavy atom. The molecule has 0 aliphatic carbocycles. The summed E-state index contributed by atoms with van der Waals surface area (Å²) in [5.41, 5.74) is 3.56. The molecule has 0 radical (unpaired) electrons. The Morgan fingerprint density at radius 3 is 2.38 bits per heavy atom. The van der Waals surface area contributed by atoms with Gasteiger partial charge in [-0.15, -0.1) is 0 Å². The minimum absolute atomic E-state index is 0.0966. The van der Waals surface area contributed by atoms with Crippen LogP contribution in [-0.2, 0) is 4.79 Å². The molecule has 0 unspecified atom stereocenters. The summed E-state index contributed by atoms with van der Waals surface area (Å²) in [4.78, 5) is 11.2. The molecule has 16 heavy (non-hydrogen) atoms. The minimum atomic E-state index is 0.0966. The third-order valence-electron chi connectivity index (χ3n) is 2.28. The van der Waals surface area contributed by atoms with E-state index >= 15 is 0 Å². The van der Waals surface area contributed by atoms with E-state index < -0.39 is 0 Å². The molecule has 3 heteroatoms. The molecule has 1 amide bonds. The van der Waals surface area contributed by atoms with E-state index in [4.69, 9.17) is 0 Å². The fraction of sp³-hybridized carbons (Fsp3) is 0.462. The molecule has 0 aliphatic rings. The molecular weight excluding hydrogens is 200 g/mol.